The van der Waals surface area contributed by atoms with Crippen molar-refractivity contribution < 1.29 is 17.6 Å². The van der Waals surface area contributed by atoms with E-state index in [1.54, 1.807) is 0 Å². The number of nitrogens with one attached hydrogen (secondary N) is 1. The molecular weight excluding hydrogens is 329 g/mol. The molecule has 1 atom stereocenters. The SMILES string of the molecule is O=C(CS(=O)(=O)c1ccccc1F)NC(c1ccccc1)C1CC1. The lowest BCUT2D eigenvalue weighted by Gasteiger charge is -2.19. The third-order valence-electron chi connectivity index (χ3n) is 4.06. The number of rotatable bonds is 6. The van der Waals surface area contributed by atoms with E-state index in [4.69, 9.17) is 0 Å². The summed E-state index contributed by atoms with van der Waals surface area (Å²) in [6.45, 7) is 0. The largest absolute Gasteiger partial charge is 0.348 e. The van der Waals surface area contributed by atoms with Gasteiger partial charge in [-0.25, -0.2) is 12.8 Å². The molecule has 1 amide bonds. The molecule has 6 heteroatoms. The molecule has 2 aromatic rings. The van der Waals surface area contributed by atoms with Crippen molar-refractivity contribution in [3.8, 4) is 0 Å². The molecule has 126 valence electrons. The Morgan fingerprint density at radius 2 is 1.71 bits per heavy atom. The number of amides is 1. The highest BCUT2D eigenvalue weighted by Gasteiger charge is 2.34. The molecule has 24 heavy (non-hydrogen) atoms. The second-order valence-corrected chi connectivity index (χ2v) is 7.94. The van der Waals surface area contributed by atoms with Crippen molar-refractivity contribution in [2.45, 2.75) is 23.8 Å². The fourth-order valence-corrected chi connectivity index (χ4v) is 3.96. The first-order valence-electron chi connectivity index (χ1n) is 7.79. The normalized spacial score (nSPS) is 15.7. The number of benzene rings is 2. The first-order valence-corrected chi connectivity index (χ1v) is 9.44. The van der Waals surface area contributed by atoms with Gasteiger partial charge in [0.2, 0.25) is 5.91 Å². The molecule has 1 fully saturated rings. The fourth-order valence-electron chi connectivity index (χ4n) is 2.73. The molecule has 0 aromatic heterocycles. The lowest BCUT2D eigenvalue weighted by molar-refractivity contribution is -0.119. The van der Waals surface area contributed by atoms with Crippen LogP contribution in [0.4, 0.5) is 4.39 Å². The van der Waals surface area contributed by atoms with Crippen LogP contribution in [0.2, 0.25) is 0 Å². The number of carbonyl (C=O) groups is 1. The Morgan fingerprint density at radius 3 is 2.33 bits per heavy atom. The van der Waals surface area contributed by atoms with Crippen molar-refractivity contribution in [2.75, 3.05) is 5.75 Å². The average molecular weight is 347 g/mol. The molecule has 0 heterocycles. The monoisotopic (exact) mass is 347 g/mol. The first-order chi connectivity index (χ1) is 11.5. The quantitative estimate of drug-likeness (QED) is 0.874. The summed E-state index contributed by atoms with van der Waals surface area (Å²) in [5.74, 6) is -1.89. The van der Waals surface area contributed by atoms with Crippen molar-refractivity contribution in [3.63, 3.8) is 0 Å². The summed E-state index contributed by atoms with van der Waals surface area (Å²) in [6, 6.07) is 14.4. The molecule has 1 N–H and O–H groups in total. The van der Waals surface area contributed by atoms with Crippen LogP contribution >= 0.6 is 0 Å². The van der Waals surface area contributed by atoms with Crippen molar-refractivity contribution in [2.24, 2.45) is 5.92 Å². The molecule has 0 radical (unpaired) electrons. The number of hydrogen-bond acceptors (Lipinski definition) is 3. The third kappa shape index (κ3) is 3.82. The smallest absolute Gasteiger partial charge is 0.236 e. The maximum atomic E-state index is 13.7. The van der Waals surface area contributed by atoms with Crippen LogP contribution in [-0.4, -0.2) is 20.1 Å². The summed E-state index contributed by atoms with van der Waals surface area (Å²) in [5, 5.41) is 2.80. The van der Waals surface area contributed by atoms with Gasteiger partial charge in [-0.1, -0.05) is 42.5 Å². The summed E-state index contributed by atoms with van der Waals surface area (Å²) in [6.07, 6.45) is 2.00. The second kappa shape index (κ2) is 6.73. The van der Waals surface area contributed by atoms with E-state index in [2.05, 4.69) is 5.32 Å². The van der Waals surface area contributed by atoms with E-state index in [0.29, 0.717) is 5.92 Å². The minimum Gasteiger partial charge on any atom is -0.348 e. The maximum Gasteiger partial charge on any atom is 0.236 e. The number of sulfone groups is 1. The van der Waals surface area contributed by atoms with E-state index in [1.807, 2.05) is 30.3 Å². The molecule has 0 saturated heterocycles. The van der Waals surface area contributed by atoms with Gasteiger partial charge >= 0.3 is 0 Å². The van der Waals surface area contributed by atoms with Gasteiger partial charge in [0.1, 0.15) is 16.5 Å². The molecular formula is C18H18FNO3S. The Labute approximate surface area is 140 Å². The van der Waals surface area contributed by atoms with E-state index in [9.17, 15) is 17.6 Å². The molecule has 2 aromatic carbocycles. The van der Waals surface area contributed by atoms with Crippen LogP contribution in [0.3, 0.4) is 0 Å². The zero-order chi connectivity index (χ0) is 17.2. The summed E-state index contributed by atoms with van der Waals surface area (Å²) in [7, 11) is -4.01. The van der Waals surface area contributed by atoms with Crippen molar-refractivity contribution >= 4 is 15.7 Å². The molecule has 0 spiro atoms. The van der Waals surface area contributed by atoms with E-state index in [0.717, 1.165) is 24.5 Å². The highest BCUT2D eigenvalue weighted by Crippen LogP contribution is 2.40. The van der Waals surface area contributed by atoms with Gasteiger partial charge < -0.3 is 5.32 Å². The molecule has 0 bridgehead atoms. The molecule has 4 nitrogen and oxygen atoms in total. The fraction of sp³-hybridized carbons (Fsp3) is 0.278. The van der Waals surface area contributed by atoms with Crippen LogP contribution in [0.1, 0.15) is 24.4 Å². The minimum atomic E-state index is -4.01. The van der Waals surface area contributed by atoms with Crippen LogP contribution in [0.5, 0.6) is 0 Å². The van der Waals surface area contributed by atoms with E-state index < -0.39 is 32.2 Å². The van der Waals surface area contributed by atoms with Crippen LogP contribution in [0.25, 0.3) is 0 Å². The maximum absolute atomic E-state index is 13.7. The van der Waals surface area contributed by atoms with E-state index >= 15 is 0 Å². The van der Waals surface area contributed by atoms with Crippen molar-refractivity contribution in [1.82, 2.24) is 5.32 Å². The lowest BCUT2D eigenvalue weighted by Crippen LogP contribution is -2.34. The van der Waals surface area contributed by atoms with Gasteiger partial charge in [0.25, 0.3) is 0 Å². The Bertz CT molecular complexity index is 832. The van der Waals surface area contributed by atoms with E-state index in [-0.39, 0.29) is 6.04 Å². The van der Waals surface area contributed by atoms with Crippen LogP contribution in [0.15, 0.2) is 59.5 Å². The summed E-state index contributed by atoms with van der Waals surface area (Å²) < 4.78 is 38.2. The van der Waals surface area contributed by atoms with Crippen molar-refractivity contribution in [1.29, 1.82) is 0 Å². The second-order valence-electron chi connectivity index (χ2n) is 5.98. The standard InChI is InChI=1S/C18H18FNO3S/c19-15-8-4-5-9-16(15)24(22,23)12-17(21)20-18(14-10-11-14)13-6-2-1-3-7-13/h1-9,14,18H,10-12H2,(H,20,21). The van der Waals surface area contributed by atoms with Gasteiger partial charge in [-0.3, -0.25) is 4.79 Å². The van der Waals surface area contributed by atoms with Crippen LogP contribution < -0.4 is 5.32 Å². The summed E-state index contributed by atoms with van der Waals surface area (Å²) in [4.78, 5) is 11.8. The van der Waals surface area contributed by atoms with Gasteiger partial charge in [-0.2, -0.15) is 0 Å². The number of hydrogen-bond donors (Lipinski definition) is 1. The summed E-state index contributed by atoms with van der Waals surface area (Å²) in [5.41, 5.74) is 0.955. The molecule has 1 aliphatic carbocycles. The van der Waals surface area contributed by atoms with Crippen molar-refractivity contribution in [3.05, 3.63) is 66.0 Å². The lowest BCUT2D eigenvalue weighted by atomic mass is 10.0. The zero-order valence-corrected chi connectivity index (χ0v) is 13.8. The number of halogens is 1. The Morgan fingerprint density at radius 1 is 1.08 bits per heavy atom. The Kier molecular flexibility index (Phi) is 4.66. The zero-order valence-electron chi connectivity index (χ0n) is 13.0. The Hall–Kier alpha value is -2.21. The van der Waals surface area contributed by atoms with Gasteiger partial charge in [0.15, 0.2) is 9.84 Å². The first kappa shape index (κ1) is 16.6. The minimum absolute atomic E-state index is 0.200. The van der Waals surface area contributed by atoms with Gasteiger partial charge in [-0.15, -0.1) is 0 Å². The predicted octanol–water partition coefficient (Wildman–Crippen LogP) is 2.87. The third-order valence-corrected chi connectivity index (χ3v) is 5.70. The topological polar surface area (TPSA) is 63.2 Å². The molecule has 1 aliphatic rings. The Balaban J connectivity index is 1.74. The van der Waals surface area contributed by atoms with Gasteiger partial charge in [0.05, 0.1) is 6.04 Å². The average Bonchev–Trinajstić information content (AvgIpc) is 3.38. The summed E-state index contributed by atoms with van der Waals surface area (Å²) >= 11 is 0. The van der Waals surface area contributed by atoms with Crippen LogP contribution in [0, 0.1) is 11.7 Å². The van der Waals surface area contributed by atoms with Gasteiger partial charge in [-0.05, 0) is 36.5 Å². The molecule has 3 rings (SSSR count). The van der Waals surface area contributed by atoms with E-state index in [1.165, 1.54) is 18.2 Å². The molecule has 0 aliphatic heterocycles. The molecule has 1 saturated carbocycles. The van der Waals surface area contributed by atoms with Crippen LogP contribution in [-0.2, 0) is 14.6 Å². The predicted molar refractivity (Wildman–Crippen MR) is 88.5 cm³/mol. The highest BCUT2D eigenvalue weighted by atomic mass is 32.2. The van der Waals surface area contributed by atoms with Gasteiger partial charge in [0, 0.05) is 0 Å². The number of carbonyl (C=O) groups excluding carboxylic acids is 1. The highest BCUT2D eigenvalue weighted by molar-refractivity contribution is 7.92. The molecule has 1 unspecified atom stereocenters.